The minimum atomic E-state index is -0.697. The number of hydrogen-bond acceptors (Lipinski definition) is 7. The molecule has 0 bridgehead atoms. The summed E-state index contributed by atoms with van der Waals surface area (Å²) in [5, 5.41) is 2.77. The van der Waals surface area contributed by atoms with Crippen LogP contribution in [0.2, 0.25) is 0 Å². The zero-order chi connectivity index (χ0) is 25.4. The first-order valence-electron chi connectivity index (χ1n) is 11.9. The molecule has 8 nitrogen and oxygen atoms in total. The standard InChI is InChI=1S/C26H29F2N7O/c1-29-21-6-5-20(27)25(23(21)28)35-15-19(16-11-18(36-4)13-30-12-16)24-22(35)14-31-26(32-24)34(3)17-7-9-33(2)10-8-17/h5-6,11-15,17,29H,7-10H2,1-4H3. The molecule has 0 aliphatic carbocycles. The van der Waals surface area contributed by atoms with Crippen molar-refractivity contribution in [1.82, 2.24) is 24.4 Å². The molecule has 10 heteroatoms. The van der Waals surface area contributed by atoms with Crippen molar-refractivity contribution in [3.63, 3.8) is 0 Å². The summed E-state index contributed by atoms with van der Waals surface area (Å²) < 4.78 is 37.2. The summed E-state index contributed by atoms with van der Waals surface area (Å²) in [6.07, 6.45) is 8.61. The van der Waals surface area contributed by atoms with Gasteiger partial charge in [0.2, 0.25) is 5.95 Å². The van der Waals surface area contributed by atoms with Crippen LogP contribution in [0.25, 0.3) is 27.8 Å². The highest BCUT2D eigenvalue weighted by molar-refractivity contribution is 5.94. The quantitative estimate of drug-likeness (QED) is 0.428. The Morgan fingerprint density at radius 1 is 1.14 bits per heavy atom. The second-order valence-corrected chi connectivity index (χ2v) is 9.08. The lowest BCUT2D eigenvalue weighted by Crippen LogP contribution is -2.42. The Hall–Kier alpha value is -3.79. The van der Waals surface area contributed by atoms with Crippen LogP contribution in [-0.2, 0) is 0 Å². The van der Waals surface area contributed by atoms with Crippen LogP contribution in [0.4, 0.5) is 20.4 Å². The van der Waals surface area contributed by atoms with Crippen molar-refractivity contribution in [1.29, 1.82) is 0 Å². The van der Waals surface area contributed by atoms with E-state index in [-0.39, 0.29) is 11.4 Å². The minimum absolute atomic E-state index is 0.192. The molecule has 1 aliphatic rings. The van der Waals surface area contributed by atoms with Gasteiger partial charge in [0.25, 0.3) is 0 Å². The maximum Gasteiger partial charge on any atom is 0.225 e. The van der Waals surface area contributed by atoms with Crippen molar-refractivity contribution in [3.05, 3.63) is 54.6 Å². The van der Waals surface area contributed by atoms with Gasteiger partial charge >= 0.3 is 0 Å². The summed E-state index contributed by atoms with van der Waals surface area (Å²) in [4.78, 5) is 18.2. The number of aromatic nitrogens is 4. The highest BCUT2D eigenvalue weighted by Crippen LogP contribution is 2.36. The average Bonchev–Trinajstić information content (AvgIpc) is 3.27. The van der Waals surface area contributed by atoms with Crippen LogP contribution < -0.4 is 15.0 Å². The van der Waals surface area contributed by atoms with Crippen LogP contribution in [0.15, 0.2) is 43.0 Å². The fourth-order valence-corrected chi connectivity index (χ4v) is 4.74. The normalized spacial score (nSPS) is 14.8. The SMILES string of the molecule is CNc1ccc(F)c(-n2cc(-c3cncc(OC)c3)c3nc(N(C)C4CCN(C)CC4)ncc32)c1F. The number of hydrogen-bond donors (Lipinski definition) is 1. The van der Waals surface area contributed by atoms with Crippen molar-refractivity contribution >= 4 is 22.7 Å². The number of halogens is 2. The number of nitrogens with zero attached hydrogens (tertiary/aromatic N) is 6. The molecule has 1 saturated heterocycles. The summed E-state index contributed by atoms with van der Waals surface area (Å²) in [7, 11) is 7.28. The first-order chi connectivity index (χ1) is 17.4. The molecule has 1 N–H and O–H groups in total. The predicted molar refractivity (Wildman–Crippen MR) is 137 cm³/mol. The lowest BCUT2D eigenvalue weighted by molar-refractivity contribution is 0.252. The summed E-state index contributed by atoms with van der Waals surface area (Å²) >= 11 is 0. The van der Waals surface area contributed by atoms with E-state index in [9.17, 15) is 0 Å². The Morgan fingerprint density at radius 2 is 1.92 bits per heavy atom. The Balaban J connectivity index is 1.69. The second-order valence-electron chi connectivity index (χ2n) is 9.08. The molecule has 1 fully saturated rings. The van der Waals surface area contributed by atoms with Gasteiger partial charge in [-0.2, -0.15) is 0 Å². The van der Waals surface area contributed by atoms with Crippen molar-refractivity contribution in [2.75, 3.05) is 51.6 Å². The van der Waals surface area contributed by atoms with Crippen LogP contribution in [0.3, 0.4) is 0 Å². The van der Waals surface area contributed by atoms with E-state index in [1.54, 1.807) is 38.9 Å². The lowest BCUT2D eigenvalue weighted by Gasteiger charge is -2.35. The van der Waals surface area contributed by atoms with E-state index in [1.165, 1.54) is 16.7 Å². The fourth-order valence-electron chi connectivity index (χ4n) is 4.74. The summed E-state index contributed by atoms with van der Waals surface area (Å²) in [5.41, 5.74) is 2.44. The number of pyridine rings is 1. The van der Waals surface area contributed by atoms with Crippen molar-refractivity contribution in [3.8, 4) is 22.6 Å². The zero-order valence-electron chi connectivity index (χ0n) is 20.8. The van der Waals surface area contributed by atoms with Gasteiger partial charge in [-0.3, -0.25) is 4.98 Å². The molecule has 0 amide bonds. The first-order valence-corrected chi connectivity index (χ1v) is 11.9. The fraction of sp³-hybridized carbons (Fsp3) is 0.346. The number of ether oxygens (including phenoxy) is 1. The van der Waals surface area contributed by atoms with Gasteiger partial charge in [-0.05, 0) is 51.2 Å². The largest absolute Gasteiger partial charge is 0.495 e. The number of rotatable bonds is 6. The molecular formula is C26H29F2N7O. The molecule has 0 radical (unpaired) electrons. The monoisotopic (exact) mass is 493 g/mol. The number of methoxy groups -OCH3 is 1. The van der Waals surface area contributed by atoms with Crippen LogP contribution in [-0.4, -0.2) is 71.8 Å². The molecule has 188 valence electrons. The number of likely N-dealkylation sites (tertiary alicyclic amines) is 1. The van der Waals surface area contributed by atoms with Gasteiger partial charge in [0, 0.05) is 43.7 Å². The highest BCUT2D eigenvalue weighted by Gasteiger charge is 2.25. The van der Waals surface area contributed by atoms with Crippen LogP contribution in [0, 0.1) is 11.6 Å². The third-order valence-electron chi connectivity index (χ3n) is 6.92. The minimum Gasteiger partial charge on any atom is -0.495 e. The van der Waals surface area contributed by atoms with Crippen LogP contribution in [0.5, 0.6) is 5.75 Å². The Labute approximate surface area is 208 Å². The Bertz CT molecular complexity index is 1400. The van der Waals surface area contributed by atoms with Crippen molar-refractivity contribution in [2.45, 2.75) is 18.9 Å². The average molecular weight is 494 g/mol. The molecule has 0 atom stereocenters. The lowest BCUT2D eigenvalue weighted by atomic mass is 10.0. The van der Waals surface area contributed by atoms with Crippen LogP contribution in [0.1, 0.15) is 12.8 Å². The molecule has 1 aliphatic heterocycles. The summed E-state index contributed by atoms with van der Waals surface area (Å²) in [5.74, 6) is -0.249. The number of fused-ring (bicyclic) bond motifs is 1. The molecule has 3 aromatic heterocycles. The Morgan fingerprint density at radius 3 is 2.64 bits per heavy atom. The van der Waals surface area contributed by atoms with Gasteiger partial charge in [0.1, 0.15) is 22.8 Å². The molecular weight excluding hydrogens is 464 g/mol. The summed E-state index contributed by atoms with van der Waals surface area (Å²) in [6, 6.07) is 4.75. The van der Waals surface area contributed by atoms with E-state index in [0.717, 1.165) is 31.5 Å². The van der Waals surface area contributed by atoms with Gasteiger partial charge < -0.3 is 24.4 Å². The number of piperidine rings is 1. The third kappa shape index (κ3) is 4.21. The van der Waals surface area contributed by atoms with Gasteiger partial charge in [0.15, 0.2) is 5.82 Å². The van der Waals surface area contributed by atoms with Gasteiger partial charge in [-0.25, -0.2) is 18.7 Å². The maximum atomic E-state index is 15.4. The Kier molecular flexibility index (Phi) is 6.44. The number of nitrogens with one attached hydrogen (secondary N) is 1. The predicted octanol–water partition coefficient (Wildman–Crippen LogP) is 4.34. The molecule has 0 spiro atoms. The molecule has 36 heavy (non-hydrogen) atoms. The highest BCUT2D eigenvalue weighted by atomic mass is 19.1. The van der Waals surface area contributed by atoms with Crippen LogP contribution >= 0.6 is 0 Å². The van der Waals surface area contributed by atoms with E-state index in [1.807, 2.05) is 13.1 Å². The van der Waals surface area contributed by atoms with E-state index in [0.29, 0.717) is 34.3 Å². The molecule has 4 aromatic rings. The number of anilines is 2. The van der Waals surface area contributed by atoms with E-state index >= 15 is 8.78 Å². The smallest absolute Gasteiger partial charge is 0.225 e. The van der Waals surface area contributed by atoms with Gasteiger partial charge in [-0.15, -0.1) is 0 Å². The van der Waals surface area contributed by atoms with E-state index in [4.69, 9.17) is 9.72 Å². The van der Waals surface area contributed by atoms with Gasteiger partial charge in [0.05, 0.1) is 30.7 Å². The maximum absolute atomic E-state index is 15.4. The second kappa shape index (κ2) is 9.69. The first kappa shape index (κ1) is 23.9. The van der Waals surface area contributed by atoms with E-state index in [2.05, 4.69) is 32.1 Å². The third-order valence-corrected chi connectivity index (χ3v) is 6.92. The number of benzene rings is 1. The summed E-state index contributed by atoms with van der Waals surface area (Å²) in [6.45, 7) is 2.02. The zero-order valence-corrected chi connectivity index (χ0v) is 20.8. The molecule has 1 aromatic carbocycles. The van der Waals surface area contributed by atoms with E-state index < -0.39 is 11.6 Å². The topological polar surface area (TPSA) is 71.3 Å². The molecule has 4 heterocycles. The van der Waals surface area contributed by atoms with Crippen molar-refractivity contribution in [2.24, 2.45) is 0 Å². The van der Waals surface area contributed by atoms with Gasteiger partial charge in [-0.1, -0.05) is 0 Å². The molecule has 0 saturated carbocycles. The molecule has 5 rings (SSSR count). The van der Waals surface area contributed by atoms with Crippen molar-refractivity contribution < 1.29 is 13.5 Å². The molecule has 0 unspecified atom stereocenters.